The molecule has 21 heavy (non-hydrogen) atoms. The molecule has 2 rings (SSSR count). The van der Waals surface area contributed by atoms with Gasteiger partial charge in [-0.15, -0.1) is 11.3 Å². The van der Waals surface area contributed by atoms with E-state index in [2.05, 4.69) is 0 Å². The van der Waals surface area contributed by atoms with Gasteiger partial charge in [-0.25, -0.2) is 8.42 Å². The Morgan fingerprint density at radius 3 is 2.48 bits per heavy atom. The number of sulfonamides is 1. The van der Waals surface area contributed by atoms with Crippen LogP contribution in [0.3, 0.4) is 0 Å². The fraction of sp³-hybridized carbons (Fsp3) is 0.333. The summed E-state index contributed by atoms with van der Waals surface area (Å²) in [6.45, 7) is 6.34. The molecule has 0 saturated carbocycles. The third kappa shape index (κ3) is 3.66. The van der Waals surface area contributed by atoms with E-state index >= 15 is 0 Å². The van der Waals surface area contributed by atoms with Crippen molar-refractivity contribution in [3.05, 3.63) is 50.7 Å². The zero-order valence-electron chi connectivity index (χ0n) is 12.3. The quantitative estimate of drug-likeness (QED) is 0.814. The van der Waals surface area contributed by atoms with Gasteiger partial charge in [-0.2, -0.15) is 4.31 Å². The normalized spacial score (nSPS) is 12.0. The van der Waals surface area contributed by atoms with E-state index in [0.717, 1.165) is 16.0 Å². The van der Waals surface area contributed by atoms with Crippen molar-refractivity contribution in [2.45, 2.75) is 32.2 Å². The van der Waals surface area contributed by atoms with Gasteiger partial charge in [0.05, 0.1) is 9.23 Å². The maximum atomic E-state index is 12.8. The third-order valence-corrected chi connectivity index (χ3v) is 6.55. The van der Waals surface area contributed by atoms with Gasteiger partial charge in [-0.1, -0.05) is 30.7 Å². The van der Waals surface area contributed by atoms with Crippen molar-refractivity contribution in [1.29, 1.82) is 0 Å². The molecule has 0 bridgehead atoms. The highest BCUT2D eigenvalue weighted by molar-refractivity contribution is 7.89. The Morgan fingerprint density at radius 2 is 1.90 bits per heavy atom. The van der Waals surface area contributed by atoms with Crippen LogP contribution in [0.4, 0.5) is 0 Å². The molecule has 0 amide bonds. The zero-order chi connectivity index (χ0) is 15.6. The van der Waals surface area contributed by atoms with Crippen molar-refractivity contribution in [3.8, 4) is 0 Å². The Kier molecular flexibility index (Phi) is 5.09. The second kappa shape index (κ2) is 6.48. The molecule has 1 aromatic carbocycles. The molecule has 0 unspecified atom stereocenters. The van der Waals surface area contributed by atoms with E-state index in [4.69, 9.17) is 11.6 Å². The van der Waals surface area contributed by atoms with Gasteiger partial charge in [-0.05, 0) is 43.2 Å². The Balaban J connectivity index is 2.37. The molecule has 0 saturated heterocycles. The van der Waals surface area contributed by atoms with Crippen molar-refractivity contribution in [1.82, 2.24) is 4.31 Å². The van der Waals surface area contributed by atoms with Crippen LogP contribution in [-0.2, 0) is 16.6 Å². The van der Waals surface area contributed by atoms with E-state index in [1.54, 1.807) is 12.1 Å². The summed E-state index contributed by atoms with van der Waals surface area (Å²) < 4.78 is 27.8. The van der Waals surface area contributed by atoms with Crippen LogP contribution in [0.2, 0.25) is 4.34 Å². The summed E-state index contributed by atoms with van der Waals surface area (Å²) in [5.74, 6) is 0. The number of hydrogen-bond donors (Lipinski definition) is 0. The number of rotatable bonds is 5. The maximum Gasteiger partial charge on any atom is 0.243 e. The average molecular weight is 344 g/mol. The van der Waals surface area contributed by atoms with E-state index in [0.29, 0.717) is 22.3 Å². The summed E-state index contributed by atoms with van der Waals surface area (Å²) in [6.07, 6.45) is 0. The predicted octanol–water partition coefficient (Wildman–Crippen LogP) is 4.23. The van der Waals surface area contributed by atoms with Gasteiger partial charge in [0, 0.05) is 18.0 Å². The van der Waals surface area contributed by atoms with Gasteiger partial charge in [0.1, 0.15) is 0 Å². The van der Waals surface area contributed by atoms with Crippen molar-refractivity contribution >= 4 is 33.0 Å². The minimum Gasteiger partial charge on any atom is -0.207 e. The highest BCUT2D eigenvalue weighted by atomic mass is 35.5. The monoisotopic (exact) mass is 343 g/mol. The van der Waals surface area contributed by atoms with Gasteiger partial charge >= 0.3 is 0 Å². The first-order chi connectivity index (χ1) is 9.84. The standard InChI is InChI=1S/C15H18ClNO2S2/c1-4-17(10-13-7-8-15(16)20-13)21(18,19)14-9-11(2)5-6-12(14)3/h5-9H,4,10H2,1-3H3. The molecule has 1 heterocycles. The lowest BCUT2D eigenvalue weighted by Gasteiger charge is -2.21. The predicted molar refractivity (Wildman–Crippen MR) is 88.5 cm³/mol. The van der Waals surface area contributed by atoms with Crippen LogP contribution in [0.1, 0.15) is 22.9 Å². The maximum absolute atomic E-state index is 12.8. The second-order valence-corrected chi connectivity index (χ2v) is 8.61. The molecule has 0 N–H and O–H groups in total. The summed E-state index contributed by atoms with van der Waals surface area (Å²) in [4.78, 5) is 1.32. The SMILES string of the molecule is CCN(Cc1ccc(Cl)s1)S(=O)(=O)c1cc(C)ccc1C. The number of aryl methyl sites for hydroxylation is 2. The average Bonchev–Trinajstić information content (AvgIpc) is 2.84. The number of nitrogens with zero attached hydrogens (tertiary/aromatic N) is 1. The van der Waals surface area contributed by atoms with Gasteiger partial charge in [0.2, 0.25) is 10.0 Å². The van der Waals surface area contributed by atoms with Crippen molar-refractivity contribution in [2.24, 2.45) is 0 Å². The van der Waals surface area contributed by atoms with Crippen LogP contribution < -0.4 is 0 Å². The van der Waals surface area contributed by atoms with Crippen molar-refractivity contribution in [3.63, 3.8) is 0 Å². The van der Waals surface area contributed by atoms with Crippen LogP contribution in [-0.4, -0.2) is 19.3 Å². The molecule has 2 aromatic rings. The van der Waals surface area contributed by atoms with E-state index in [1.165, 1.54) is 15.6 Å². The zero-order valence-corrected chi connectivity index (χ0v) is 14.6. The van der Waals surface area contributed by atoms with Crippen LogP contribution in [0.15, 0.2) is 35.2 Å². The fourth-order valence-electron chi connectivity index (χ4n) is 2.10. The molecule has 6 heteroatoms. The number of halogens is 1. The number of benzene rings is 1. The van der Waals surface area contributed by atoms with E-state index in [9.17, 15) is 8.42 Å². The first-order valence-electron chi connectivity index (χ1n) is 6.66. The molecule has 0 aliphatic heterocycles. The molecule has 1 aromatic heterocycles. The molecule has 0 spiro atoms. The Labute approximate surface area is 135 Å². The number of hydrogen-bond acceptors (Lipinski definition) is 3. The van der Waals surface area contributed by atoms with Gasteiger partial charge in [0.25, 0.3) is 0 Å². The molecular formula is C15H18ClNO2S2. The summed E-state index contributed by atoms with van der Waals surface area (Å²) in [5, 5.41) is 0. The van der Waals surface area contributed by atoms with Crippen LogP contribution in [0.25, 0.3) is 0 Å². The molecule has 114 valence electrons. The summed E-state index contributed by atoms with van der Waals surface area (Å²) in [7, 11) is -3.50. The largest absolute Gasteiger partial charge is 0.243 e. The lowest BCUT2D eigenvalue weighted by Crippen LogP contribution is -2.30. The molecule has 0 aliphatic carbocycles. The van der Waals surface area contributed by atoms with Crippen LogP contribution in [0.5, 0.6) is 0 Å². The minimum absolute atomic E-state index is 0.351. The Morgan fingerprint density at radius 1 is 1.19 bits per heavy atom. The smallest absolute Gasteiger partial charge is 0.207 e. The second-order valence-electron chi connectivity index (χ2n) is 4.91. The summed E-state index contributed by atoms with van der Waals surface area (Å²) in [6, 6.07) is 9.16. The van der Waals surface area contributed by atoms with Gasteiger partial charge in [0.15, 0.2) is 0 Å². The first-order valence-corrected chi connectivity index (χ1v) is 9.29. The fourth-order valence-corrected chi connectivity index (χ4v) is 5.02. The first kappa shape index (κ1) is 16.5. The molecule has 0 radical (unpaired) electrons. The highest BCUT2D eigenvalue weighted by Gasteiger charge is 2.25. The van der Waals surface area contributed by atoms with Crippen molar-refractivity contribution in [2.75, 3.05) is 6.54 Å². The molecule has 0 atom stereocenters. The molecule has 3 nitrogen and oxygen atoms in total. The molecular weight excluding hydrogens is 326 g/mol. The lowest BCUT2D eigenvalue weighted by molar-refractivity contribution is 0.426. The summed E-state index contributed by atoms with van der Waals surface area (Å²) in [5.41, 5.74) is 1.71. The minimum atomic E-state index is -3.50. The van der Waals surface area contributed by atoms with E-state index in [1.807, 2.05) is 39.0 Å². The Bertz CT molecular complexity index is 738. The van der Waals surface area contributed by atoms with Gasteiger partial charge < -0.3 is 0 Å². The Hall–Kier alpha value is -0.880. The van der Waals surface area contributed by atoms with Gasteiger partial charge in [-0.3, -0.25) is 0 Å². The van der Waals surface area contributed by atoms with Crippen molar-refractivity contribution < 1.29 is 8.42 Å². The topological polar surface area (TPSA) is 37.4 Å². The van der Waals surface area contributed by atoms with Crippen LogP contribution in [0, 0.1) is 13.8 Å². The molecule has 0 aliphatic rings. The van der Waals surface area contributed by atoms with Crippen LogP contribution >= 0.6 is 22.9 Å². The lowest BCUT2D eigenvalue weighted by atomic mass is 10.2. The third-order valence-electron chi connectivity index (χ3n) is 3.28. The highest BCUT2D eigenvalue weighted by Crippen LogP contribution is 2.26. The molecule has 0 fully saturated rings. The van der Waals surface area contributed by atoms with E-state index in [-0.39, 0.29) is 0 Å². The van der Waals surface area contributed by atoms with E-state index < -0.39 is 10.0 Å². The number of thiophene rings is 1. The summed E-state index contributed by atoms with van der Waals surface area (Å²) >= 11 is 7.32.